The molecule has 21 heavy (non-hydrogen) atoms. The van der Waals surface area contributed by atoms with Gasteiger partial charge < -0.3 is 5.84 Å². The first-order valence-electron chi connectivity index (χ1n) is 6.94. The topological polar surface area (TPSA) is 63.1 Å². The largest absolute Gasteiger partial charge is 0.323 e. The van der Waals surface area contributed by atoms with Crippen molar-refractivity contribution in [3.63, 3.8) is 0 Å². The molecule has 1 aliphatic heterocycles. The van der Waals surface area contributed by atoms with Gasteiger partial charge >= 0.3 is 0 Å². The fourth-order valence-corrected chi connectivity index (χ4v) is 3.06. The Balaban J connectivity index is 1.72. The molecule has 102 valence electrons. The molecule has 0 spiro atoms. The van der Waals surface area contributed by atoms with E-state index in [2.05, 4.69) is 33.5 Å². The van der Waals surface area contributed by atoms with Gasteiger partial charge in [-0.05, 0) is 5.56 Å². The summed E-state index contributed by atoms with van der Waals surface area (Å²) in [4.78, 5) is 0. The van der Waals surface area contributed by atoms with E-state index in [1.54, 1.807) is 0 Å². The van der Waals surface area contributed by atoms with E-state index in [9.17, 15) is 0 Å². The third kappa shape index (κ3) is 1.80. The monoisotopic (exact) mass is 274 g/mol. The van der Waals surface area contributed by atoms with Crippen LogP contribution in [0.1, 0.15) is 16.7 Å². The summed E-state index contributed by atoms with van der Waals surface area (Å²) in [5.74, 6) is 5.65. The SMILES string of the molecule is N/N=C1\c2ccccc2C2=NN=C(Cc3ccccc3)C21. The Kier molecular flexibility index (Phi) is 2.67. The zero-order valence-corrected chi connectivity index (χ0v) is 11.4. The Labute approximate surface area is 122 Å². The predicted octanol–water partition coefficient (Wildman–Crippen LogP) is 2.38. The van der Waals surface area contributed by atoms with E-state index in [1.807, 2.05) is 36.4 Å². The Hall–Kier alpha value is -2.75. The predicted molar refractivity (Wildman–Crippen MR) is 84.8 cm³/mol. The number of fused-ring (bicyclic) bond motifs is 3. The second kappa shape index (κ2) is 4.66. The average molecular weight is 274 g/mol. The van der Waals surface area contributed by atoms with Crippen molar-refractivity contribution >= 4 is 17.1 Å². The second-order valence-corrected chi connectivity index (χ2v) is 5.23. The third-order valence-corrected chi connectivity index (χ3v) is 4.01. The Bertz CT molecular complexity index is 772. The summed E-state index contributed by atoms with van der Waals surface area (Å²) in [6.07, 6.45) is 0.769. The summed E-state index contributed by atoms with van der Waals surface area (Å²) in [6.45, 7) is 0. The lowest BCUT2D eigenvalue weighted by atomic mass is 9.92. The lowest BCUT2D eigenvalue weighted by molar-refractivity contribution is 1.15. The molecule has 0 fully saturated rings. The molecule has 1 heterocycles. The normalized spacial score (nSPS) is 21.0. The molecule has 1 atom stereocenters. The van der Waals surface area contributed by atoms with E-state index >= 15 is 0 Å². The van der Waals surface area contributed by atoms with Gasteiger partial charge in [0.05, 0.1) is 23.1 Å². The molecule has 0 amide bonds. The van der Waals surface area contributed by atoms with Crippen LogP contribution in [-0.2, 0) is 6.42 Å². The number of nitrogens with two attached hydrogens (primary N) is 1. The molecular weight excluding hydrogens is 260 g/mol. The molecule has 0 saturated heterocycles. The summed E-state index contributed by atoms with van der Waals surface area (Å²) in [5.41, 5.74) is 6.25. The van der Waals surface area contributed by atoms with Gasteiger partial charge in [0.15, 0.2) is 0 Å². The fourth-order valence-electron chi connectivity index (χ4n) is 3.06. The van der Waals surface area contributed by atoms with Gasteiger partial charge in [0.25, 0.3) is 0 Å². The van der Waals surface area contributed by atoms with E-state index in [1.165, 1.54) is 5.56 Å². The van der Waals surface area contributed by atoms with Crippen LogP contribution >= 0.6 is 0 Å². The van der Waals surface area contributed by atoms with Gasteiger partial charge in [-0.2, -0.15) is 15.3 Å². The van der Waals surface area contributed by atoms with Crippen molar-refractivity contribution in [1.82, 2.24) is 0 Å². The molecule has 2 aromatic carbocycles. The lowest BCUT2D eigenvalue weighted by Gasteiger charge is -2.09. The molecule has 4 heteroatoms. The molecule has 0 saturated carbocycles. The van der Waals surface area contributed by atoms with Crippen LogP contribution < -0.4 is 5.84 Å². The highest BCUT2D eigenvalue weighted by molar-refractivity contribution is 6.40. The van der Waals surface area contributed by atoms with E-state index in [0.29, 0.717) is 0 Å². The highest BCUT2D eigenvalue weighted by Crippen LogP contribution is 2.33. The first-order valence-corrected chi connectivity index (χ1v) is 6.94. The zero-order valence-electron chi connectivity index (χ0n) is 11.4. The highest BCUT2D eigenvalue weighted by Gasteiger charge is 2.40. The smallest absolute Gasteiger partial charge is 0.0889 e. The molecule has 0 bridgehead atoms. The first-order chi connectivity index (χ1) is 10.4. The van der Waals surface area contributed by atoms with Crippen molar-refractivity contribution in [1.29, 1.82) is 0 Å². The van der Waals surface area contributed by atoms with Gasteiger partial charge in [0.2, 0.25) is 0 Å². The third-order valence-electron chi connectivity index (χ3n) is 4.01. The maximum Gasteiger partial charge on any atom is 0.0889 e. The van der Waals surface area contributed by atoms with Crippen molar-refractivity contribution < 1.29 is 0 Å². The van der Waals surface area contributed by atoms with Crippen molar-refractivity contribution in [3.8, 4) is 0 Å². The molecule has 0 radical (unpaired) electrons. The van der Waals surface area contributed by atoms with Crippen LogP contribution in [0.4, 0.5) is 0 Å². The Morgan fingerprint density at radius 2 is 1.62 bits per heavy atom. The molecule has 2 aromatic rings. The van der Waals surface area contributed by atoms with Crippen molar-refractivity contribution in [2.45, 2.75) is 6.42 Å². The minimum atomic E-state index is 0.00704. The van der Waals surface area contributed by atoms with Crippen LogP contribution in [0.25, 0.3) is 0 Å². The van der Waals surface area contributed by atoms with Gasteiger partial charge in [0.1, 0.15) is 0 Å². The van der Waals surface area contributed by atoms with Crippen molar-refractivity contribution in [2.24, 2.45) is 27.1 Å². The summed E-state index contributed by atoms with van der Waals surface area (Å²) in [5, 5.41) is 12.8. The molecule has 2 N–H and O–H groups in total. The van der Waals surface area contributed by atoms with E-state index < -0.39 is 0 Å². The number of rotatable bonds is 2. The number of hydrogen-bond donors (Lipinski definition) is 1. The van der Waals surface area contributed by atoms with Gasteiger partial charge in [-0.1, -0.05) is 54.6 Å². The first kappa shape index (κ1) is 12.0. The Morgan fingerprint density at radius 3 is 2.38 bits per heavy atom. The van der Waals surface area contributed by atoms with E-state index in [0.717, 1.165) is 34.7 Å². The van der Waals surface area contributed by atoms with E-state index in [4.69, 9.17) is 5.84 Å². The lowest BCUT2D eigenvalue weighted by Crippen LogP contribution is -2.25. The van der Waals surface area contributed by atoms with Crippen LogP contribution in [0, 0.1) is 5.92 Å². The van der Waals surface area contributed by atoms with E-state index in [-0.39, 0.29) is 5.92 Å². The van der Waals surface area contributed by atoms with Gasteiger partial charge in [-0.15, -0.1) is 0 Å². The van der Waals surface area contributed by atoms with Gasteiger partial charge in [-0.3, -0.25) is 0 Å². The van der Waals surface area contributed by atoms with Gasteiger partial charge in [0, 0.05) is 17.5 Å². The van der Waals surface area contributed by atoms with Crippen LogP contribution in [0.5, 0.6) is 0 Å². The molecule has 1 unspecified atom stereocenters. The summed E-state index contributed by atoms with van der Waals surface area (Å²) in [7, 11) is 0. The summed E-state index contributed by atoms with van der Waals surface area (Å²) >= 11 is 0. The number of benzene rings is 2. The fraction of sp³-hybridized carbons (Fsp3) is 0.118. The number of hydrazone groups is 1. The molecule has 0 aromatic heterocycles. The second-order valence-electron chi connectivity index (χ2n) is 5.23. The molecule has 2 aliphatic rings. The molecule has 4 rings (SSSR count). The Morgan fingerprint density at radius 1 is 0.905 bits per heavy atom. The van der Waals surface area contributed by atoms with Crippen LogP contribution in [0.15, 0.2) is 69.9 Å². The minimum absolute atomic E-state index is 0.00704. The zero-order chi connectivity index (χ0) is 14.2. The van der Waals surface area contributed by atoms with Crippen molar-refractivity contribution in [2.75, 3.05) is 0 Å². The standard InChI is InChI=1S/C17H14N4/c18-19-16-12-8-4-5-9-13(12)17-15(16)14(20-21-17)10-11-6-2-1-3-7-11/h1-9,15H,10,18H2/b19-16+. The van der Waals surface area contributed by atoms with Crippen molar-refractivity contribution in [3.05, 3.63) is 71.3 Å². The minimum Gasteiger partial charge on any atom is -0.323 e. The highest BCUT2D eigenvalue weighted by atomic mass is 15.3. The maximum atomic E-state index is 5.64. The van der Waals surface area contributed by atoms with Gasteiger partial charge in [-0.25, -0.2) is 0 Å². The van der Waals surface area contributed by atoms with Crippen LogP contribution in [0.3, 0.4) is 0 Å². The maximum absolute atomic E-state index is 5.64. The van der Waals surface area contributed by atoms with Crippen LogP contribution in [0.2, 0.25) is 0 Å². The molecular formula is C17H14N4. The number of nitrogens with zero attached hydrogens (tertiary/aromatic N) is 3. The quantitative estimate of drug-likeness (QED) is 0.663. The molecule has 4 nitrogen and oxygen atoms in total. The summed E-state index contributed by atoms with van der Waals surface area (Å²) in [6, 6.07) is 18.4. The number of hydrogen-bond acceptors (Lipinski definition) is 4. The van der Waals surface area contributed by atoms with Crippen LogP contribution in [-0.4, -0.2) is 17.1 Å². The average Bonchev–Trinajstić information content (AvgIpc) is 3.07. The molecule has 1 aliphatic carbocycles. The summed E-state index contributed by atoms with van der Waals surface area (Å²) < 4.78 is 0.